The highest BCUT2D eigenvalue weighted by Gasteiger charge is 2.13. The molecule has 0 saturated carbocycles. The molecule has 0 spiro atoms. The molecule has 1 aromatic carbocycles. The van der Waals surface area contributed by atoms with Crippen molar-refractivity contribution in [3.63, 3.8) is 0 Å². The van der Waals surface area contributed by atoms with Gasteiger partial charge in [-0.1, -0.05) is 41.9 Å². The third-order valence-corrected chi connectivity index (χ3v) is 3.91. The van der Waals surface area contributed by atoms with Crippen LogP contribution < -0.4 is 5.56 Å². The molecular formula is C17H16ClN3O. The smallest absolute Gasteiger partial charge is 0.253 e. The Labute approximate surface area is 133 Å². The average molecular weight is 314 g/mol. The van der Waals surface area contributed by atoms with E-state index in [1.54, 1.807) is 30.9 Å². The molecule has 0 atom stereocenters. The van der Waals surface area contributed by atoms with Crippen molar-refractivity contribution < 1.29 is 0 Å². The van der Waals surface area contributed by atoms with E-state index >= 15 is 0 Å². The molecule has 4 nitrogen and oxygen atoms in total. The van der Waals surface area contributed by atoms with Crippen LogP contribution in [0, 0.1) is 6.92 Å². The first kappa shape index (κ1) is 14.6. The van der Waals surface area contributed by atoms with Gasteiger partial charge >= 0.3 is 0 Å². The van der Waals surface area contributed by atoms with Crippen LogP contribution in [0.2, 0.25) is 5.15 Å². The van der Waals surface area contributed by atoms with Crippen LogP contribution in [0.15, 0.2) is 53.6 Å². The summed E-state index contributed by atoms with van der Waals surface area (Å²) in [6.45, 7) is 2.44. The Morgan fingerprint density at radius 1 is 1.23 bits per heavy atom. The van der Waals surface area contributed by atoms with E-state index in [1.165, 1.54) is 0 Å². The van der Waals surface area contributed by atoms with Crippen molar-refractivity contribution in [2.45, 2.75) is 13.5 Å². The summed E-state index contributed by atoms with van der Waals surface area (Å²) in [6.07, 6.45) is 3.43. The Kier molecular flexibility index (Phi) is 3.86. The van der Waals surface area contributed by atoms with Crippen LogP contribution in [-0.2, 0) is 13.6 Å². The van der Waals surface area contributed by atoms with E-state index in [9.17, 15) is 4.79 Å². The molecule has 0 unspecified atom stereocenters. The van der Waals surface area contributed by atoms with Gasteiger partial charge in [0.25, 0.3) is 5.56 Å². The highest BCUT2D eigenvalue weighted by atomic mass is 35.5. The molecule has 0 amide bonds. The maximum absolute atomic E-state index is 11.8. The number of benzene rings is 1. The number of imidazole rings is 1. The first-order valence-corrected chi connectivity index (χ1v) is 7.36. The number of halogens is 1. The van der Waals surface area contributed by atoms with Crippen molar-refractivity contribution in [2.75, 3.05) is 0 Å². The number of rotatable bonds is 3. The Bertz CT molecular complexity index is 839. The monoisotopic (exact) mass is 313 g/mol. The maximum atomic E-state index is 11.8. The van der Waals surface area contributed by atoms with Crippen LogP contribution in [0.1, 0.15) is 11.1 Å². The first-order valence-electron chi connectivity index (χ1n) is 6.99. The molecular weight excluding hydrogens is 298 g/mol. The quantitative estimate of drug-likeness (QED) is 0.744. The summed E-state index contributed by atoms with van der Waals surface area (Å²) < 4.78 is 3.51. The molecule has 0 bridgehead atoms. The van der Waals surface area contributed by atoms with Gasteiger partial charge in [0.15, 0.2) is 0 Å². The predicted octanol–water partition coefficient (Wildman–Crippen LogP) is 3.26. The molecule has 0 radical (unpaired) electrons. The summed E-state index contributed by atoms with van der Waals surface area (Å²) in [5.41, 5.74) is 2.70. The molecule has 0 aliphatic rings. The van der Waals surface area contributed by atoms with Crippen LogP contribution in [0.3, 0.4) is 0 Å². The Morgan fingerprint density at radius 2 is 1.95 bits per heavy atom. The molecule has 0 N–H and O–H groups in total. The summed E-state index contributed by atoms with van der Waals surface area (Å²) in [7, 11) is 1.74. The zero-order valence-corrected chi connectivity index (χ0v) is 13.2. The third kappa shape index (κ3) is 2.70. The van der Waals surface area contributed by atoms with Crippen LogP contribution in [0.4, 0.5) is 0 Å². The summed E-state index contributed by atoms with van der Waals surface area (Å²) in [6, 6.07) is 11.9. The normalized spacial score (nSPS) is 10.9. The van der Waals surface area contributed by atoms with E-state index in [1.807, 2.05) is 41.0 Å². The lowest BCUT2D eigenvalue weighted by Gasteiger charge is -2.11. The molecule has 22 heavy (non-hydrogen) atoms. The van der Waals surface area contributed by atoms with Crippen LogP contribution in [0.5, 0.6) is 0 Å². The second-order valence-corrected chi connectivity index (χ2v) is 5.69. The van der Waals surface area contributed by atoms with Crippen molar-refractivity contribution >= 4 is 11.6 Å². The van der Waals surface area contributed by atoms with Gasteiger partial charge in [-0.05, 0) is 18.6 Å². The second kappa shape index (κ2) is 5.81. The highest BCUT2D eigenvalue weighted by Crippen LogP contribution is 2.23. The number of nitrogens with zero attached hydrogens (tertiary/aromatic N) is 3. The number of hydrogen-bond donors (Lipinski definition) is 0. The van der Waals surface area contributed by atoms with E-state index in [-0.39, 0.29) is 5.56 Å². The number of pyridine rings is 1. The average Bonchev–Trinajstić information content (AvgIpc) is 2.87. The third-order valence-electron chi connectivity index (χ3n) is 3.61. The van der Waals surface area contributed by atoms with Gasteiger partial charge in [-0.3, -0.25) is 4.79 Å². The fraction of sp³-hybridized carbons (Fsp3) is 0.176. The molecule has 2 heterocycles. The number of hydrogen-bond acceptors (Lipinski definition) is 2. The zero-order valence-electron chi connectivity index (χ0n) is 12.5. The van der Waals surface area contributed by atoms with Crippen LogP contribution in [-0.4, -0.2) is 14.1 Å². The largest absolute Gasteiger partial charge is 0.318 e. The Hall–Kier alpha value is -2.33. The topological polar surface area (TPSA) is 39.8 Å². The Balaban J connectivity index is 2.08. The molecule has 0 fully saturated rings. The van der Waals surface area contributed by atoms with Gasteiger partial charge in [0.05, 0.1) is 12.7 Å². The van der Waals surface area contributed by atoms with Gasteiger partial charge in [0.2, 0.25) is 0 Å². The van der Waals surface area contributed by atoms with Crippen molar-refractivity contribution in [3.8, 4) is 11.4 Å². The second-order valence-electron chi connectivity index (χ2n) is 5.30. The zero-order chi connectivity index (χ0) is 15.7. The van der Waals surface area contributed by atoms with Crippen molar-refractivity contribution in [1.82, 2.24) is 14.1 Å². The molecule has 112 valence electrons. The highest BCUT2D eigenvalue weighted by molar-refractivity contribution is 6.29. The molecule has 5 heteroatoms. The van der Waals surface area contributed by atoms with Gasteiger partial charge in [-0.15, -0.1) is 0 Å². The van der Waals surface area contributed by atoms with Gasteiger partial charge in [0, 0.05) is 24.4 Å². The molecule has 0 aliphatic heterocycles. The van der Waals surface area contributed by atoms with Gasteiger partial charge in [0.1, 0.15) is 11.0 Å². The fourth-order valence-electron chi connectivity index (χ4n) is 2.50. The lowest BCUT2D eigenvalue weighted by Crippen LogP contribution is -2.18. The summed E-state index contributed by atoms with van der Waals surface area (Å²) in [5.74, 6) is 0.757. The lowest BCUT2D eigenvalue weighted by molar-refractivity contribution is 0.799. The predicted molar refractivity (Wildman–Crippen MR) is 88.2 cm³/mol. The maximum Gasteiger partial charge on any atom is 0.253 e. The minimum absolute atomic E-state index is 0.00369. The van der Waals surface area contributed by atoms with Gasteiger partial charge in [-0.25, -0.2) is 4.98 Å². The van der Waals surface area contributed by atoms with Crippen LogP contribution in [0.25, 0.3) is 11.4 Å². The van der Waals surface area contributed by atoms with Crippen molar-refractivity contribution in [2.24, 2.45) is 7.05 Å². The van der Waals surface area contributed by atoms with E-state index in [2.05, 4.69) is 4.98 Å². The van der Waals surface area contributed by atoms with E-state index in [0.29, 0.717) is 17.3 Å². The molecule has 3 rings (SSSR count). The van der Waals surface area contributed by atoms with Gasteiger partial charge in [-0.2, -0.15) is 0 Å². The van der Waals surface area contributed by atoms with E-state index < -0.39 is 0 Å². The van der Waals surface area contributed by atoms with Crippen molar-refractivity contribution in [3.05, 3.63) is 75.4 Å². The lowest BCUT2D eigenvalue weighted by atomic mass is 10.2. The summed E-state index contributed by atoms with van der Waals surface area (Å²) in [5, 5.41) is 0.574. The molecule has 2 aromatic heterocycles. The molecule has 3 aromatic rings. The van der Waals surface area contributed by atoms with Crippen molar-refractivity contribution in [1.29, 1.82) is 0 Å². The number of aryl methyl sites for hydroxylation is 2. The van der Waals surface area contributed by atoms with E-state index in [4.69, 9.17) is 11.6 Å². The SMILES string of the molecule is Cc1cc(-c2ncc(Cl)n2Cc2ccccc2)cn(C)c1=O. The summed E-state index contributed by atoms with van der Waals surface area (Å²) >= 11 is 6.29. The molecule has 0 aliphatic carbocycles. The van der Waals surface area contributed by atoms with Gasteiger partial charge < -0.3 is 9.13 Å². The minimum atomic E-state index is -0.00369. The fourth-order valence-corrected chi connectivity index (χ4v) is 2.69. The van der Waals surface area contributed by atoms with E-state index in [0.717, 1.165) is 17.0 Å². The minimum Gasteiger partial charge on any atom is -0.318 e. The van der Waals surface area contributed by atoms with Crippen LogP contribution >= 0.6 is 11.6 Å². The standard InChI is InChI=1S/C17H16ClN3O/c1-12-8-14(11-20(2)17(12)22)16-19-9-15(18)21(16)10-13-6-4-3-5-7-13/h3-9,11H,10H2,1-2H3. The summed E-state index contributed by atoms with van der Waals surface area (Å²) in [4.78, 5) is 16.3. The Morgan fingerprint density at radius 3 is 2.64 bits per heavy atom. The molecule has 0 saturated heterocycles. The first-order chi connectivity index (χ1) is 10.6. The number of aromatic nitrogens is 3.